The van der Waals surface area contributed by atoms with Crippen molar-refractivity contribution >= 4 is 28.3 Å². The van der Waals surface area contributed by atoms with Gasteiger partial charge in [-0.25, -0.2) is 9.37 Å². The first kappa shape index (κ1) is 20.3. The van der Waals surface area contributed by atoms with Crippen LogP contribution in [0.2, 0.25) is 0 Å². The molecule has 1 fully saturated rings. The van der Waals surface area contributed by atoms with Crippen molar-refractivity contribution in [2.24, 2.45) is 5.92 Å². The standard InChI is InChI=1S/C22H23FN4O2S/c1-12-10-18(14(3)27(12)17-8-6-16(23)7-9-17)19-11-30-22(25-19)26-20(28)13(2)24-21(29)15-4-5-15/h6-11,13,15H,4-5H2,1-3H3,(H,24,29)(H,25,26,28). The minimum atomic E-state index is -0.617. The molecule has 2 aromatic heterocycles. The molecule has 8 heteroatoms. The van der Waals surface area contributed by atoms with Gasteiger partial charge in [-0.05, 0) is 63.9 Å². The Kier molecular flexibility index (Phi) is 5.42. The fraction of sp³-hybridized carbons (Fsp3) is 0.318. The maximum atomic E-state index is 13.3. The first-order valence-corrected chi connectivity index (χ1v) is 10.7. The van der Waals surface area contributed by atoms with Crippen LogP contribution in [0.1, 0.15) is 31.2 Å². The van der Waals surface area contributed by atoms with Crippen LogP contribution >= 0.6 is 11.3 Å². The summed E-state index contributed by atoms with van der Waals surface area (Å²) in [7, 11) is 0. The normalized spacial score (nSPS) is 14.4. The third-order valence-electron chi connectivity index (χ3n) is 5.23. The molecule has 4 rings (SSSR count). The highest BCUT2D eigenvalue weighted by Crippen LogP contribution is 2.32. The Balaban J connectivity index is 1.50. The Labute approximate surface area is 178 Å². The second-order valence-electron chi connectivity index (χ2n) is 7.63. The van der Waals surface area contributed by atoms with Crippen LogP contribution in [-0.2, 0) is 9.59 Å². The molecule has 1 unspecified atom stereocenters. The van der Waals surface area contributed by atoms with Crippen LogP contribution in [0.3, 0.4) is 0 Å². The van der Waals surface area contributed by atoms with Crippen molar-refractivity contribution in [3.63, 3.8) is 0 Å². The van der Waals surface area contributed by atoms with E-state index in [0.717, 1.165) is 41.2 Å². The largest absolute Gasteiger partial charge is 0.344 e. The Hall–Kier alpha value is -3.00. The molecule has 1 atom stereocenters. The second-order valence-corrected chi connectivity index (χ2v) is 8.49. The molecular formula is C22H23FN4O2S. The lowest BCUT2D eigenvalue weighted by molar-refractivity contribution is -0.127. The van der Waals surface area contributed by atoms with Gasteiger partial charge in [0, 0.05) is 33.9 Å². The lowest BCUT2D eigenvalue weighted by atomic mass is 10.2. The highest BCUT2D eigenvalue weighted by Gasteiger charge is 2.31. The number of nitrogens with one attached hydrogen (secondary N) is 2. The van der Waals surface area contributed by atoms with Crippen molar-refractivity contribution in [2.45, 2.75) is 39.7 Å². The van der Waals surface area contributed by atoms with Gasteiger partial charge in [-0.1, -0.05) is 0 Å². The van der Waals surface area contributed by atoms with Crippen molar-refractivity contribution in [3.8, 4) is 16.9 Å². The number of thiazole rings is 1. The number of amides is 2. The number of carbonyl (C=O) groups is 2. The van der Waals surface area contributed by atoms with Crippen molar-refractivity contribution in [3.05, 3.63) is 52.9 Å². The summed E-state index contributed by atoms with van der Waals surface area (Å²) in [5, 5.41) is 7.89. The number of nitrogens with zero attached hydrogens (tertiary/aromatic N) is 2. The van der Waals surface area contributed by atoms with Crippen LogP contribution in [0.25, 0.3) is 16.9 Å². The zero-order valence-corrected chi connectivity index (χ0v) is 17.8. The van der Waals surface area contributed by atoms with Crippen LogP contribution in [0.5, 0.6) is 0 Å². The average molecular weight is 427 g/mol. The summed E-state index contributed by atoms with van der Waals surface area (Å²) in [6.45, 7) is 5.64. The van der Waals surface area contributed by atoms with E-state index in [1.54, 1.807) is 19.1 Å². The molecule has 2 N–H and O–H groups in total. The number of aromatic nitrogens is 2. The van der Waals surface area contributed by atoms with Gasteiger partial charge in [0.2, 0.25) is 11.8 Å². The van der Waals surface area contributed by atoms with Gasteiger partial charge >= 0.3 is 0 Å². The zero-order chi connectivity index (χ0) is 21.4. The highest BCUT2D eigenvalue weighted by atomic mass is 32.1. The van der Waals surface area contributed by atoms with Gasteiger partial charge in [-0.3, -0.25) is 9.59 Å². The number of anilines is 1. The number of benzene rings is 1. The van der Waals surface area contributed by atoms with Crippen molar-refractivity contribution < 1.29 is 14.0 Å². The van der Waals surface area contributed by atoms with Gasteiger partial charge in [0.05, 0.1) is 5.69 Å². The van der Waals surface area contributed by atoms with E-state index < -0.39 is 6.04 Å². The molecular weight excluding hydrogens is 403 g/mol. The van der Waals surface area contributed by atoms with Crippen LogP contribution in [-0.4, -0.2) is 27.4 Å². The molecule has 6 nitrogen and oxygen atoms in total. The minimum absolute atomic E-state index is 0.0584. The fourth-order valence-corrected chi connectivity index (χ4v) is 4.13. The summed E-state index contributed by atoms with van der Waals surface area (Å²) in [6.07, 6.45) is 1.79. The molecule has 2 heterocycles. The predicted octanol–water partition coefficient (Wildman–Crippen LogP) is 4.21. The molecule has 0 radical (unpaired) electrons. The number of rotatable bonds is 6. The van der Waals surface area contributed by atoms with Crippen molar-refractivity contribution in [1.82, 2.24) is 14.9 Å². The van der Waals surface area contributed by atoms with E-state index in [9.17, 15) is 14.0 Å². The minimum Gasteiger partial charge on any atom is -0.344 e. The van der Waals surface area contributed by atoms with E-state index >= 15 is 0 Å². The van der Waals surface area contributed by atoms with E-state index in [4.69, 9.17) is 0 Å². The topological polar surface area (TPSA) is 76.0 Å². The monoisotopic (exact) mass is 426 g/mol. The van der Waals surface area contributed by atoms with E-state index in [2.05, 4.69) is 15.6 Å². The third kappa shape index (κ3) is 4.14. The average Bonchev–Trinajstić information content (AvgIpc) is 3.40. The molecule has 1 aromatic carbocycles. The molecule has 0 saturated heterocycles. The van der Waals surface area contributed by atoms with E-state index in [1.807, 2.05) is 29.9 Å². The lowest BCUT2D eigenvalue weighted by Gasteiger charge is -2.12. The van der Waals surface area contributed by atoms with Crippen molar-refractivity contribution in [2.75, 3.05) is 5.32 Å². The van der Waals surface area contributed by atoms with E-state index in [1.165, 1.54) is 23.5 Å². The Morgan fingerprint density at radius 2 is 1.93 bits per heavy atom. The summed E-state index contributed by atoms with van der Waals surface area (Å²) in [5.74, 6) is -0.570. The van der Waals surface area contributed by atoms with Gasteiger partial charge in [0.25, 0.3) is 0 Å². The van der Waals surface area contributed by atoms with Crippen LogP contribution < -0.4 is 10.6 Å². The van der Waals surface area contributed by atoms with Gasteiger partial charge in [0.15, 0.2) is 5.13 Å². The smallest absolute Gasteiger partial charge is 0.248 e. The predicted molar refractivity (Wildman–Crippen MR) is 115 cm³/mol. The first-order chi connectivity index (χ1) is 14.3. The number of aryl methyl sites for hydroxylation is 1. The molecule has 1 saturated carbocycles. The maximum Gasteiger partial charge on any atom is 0.248 e. The second kappa shape index (κ2) is 8.02. The van der Waals surface area contributed by atoms with E-state index in [-0.39, 0.29) is 23.5 Å². The molecule has 0 bridgehead atoms. The van der Waals surface area contributed by atoms with Gasteiger partial charge in [0.1, 0.15) is 11.9 Å². The lowest BCUT2D eigenvalue weighted by Crippen LogP contribution is -2.42. The number of hydrogen-bond acceptors (Lipinski definition) is 4. The van der Waals surface area contributed by atoms with Gasteiger partial charge in [-0.15, -0.1) is 11.3 Å². The van der Waals surface area contributed by atoms with Gasteiger partial charge in [-0.2, -0.15) is 0 Å². The van der Waals surface area contributed by atoms with Crippen molar-refractivity contribution in [1.29, 1.82) is 0 Å². The van der Waals surface area contributed by atoms with E-state index in [0.29, 0.717) is 5.13 Å². The Morgan fingerprint density at radius 1 is 1.23 bits per heavy atom. The zero-order valence-electron chi connectivity index (χ0n) is 17.0. The molecule has 0 spiro atoms. The fourth-order valence-electron chi connectivity index (χ4n) is 3.42. The third-order valence-corrected chi connectivity index (χ3v) is 5.98. The van der Waals surface area contributed by atoms with Crippen LogP contribution in [0.15, 0.2) is 35.7 Å². The molecule has 156 valence electrons. The van der Waals surface area contributed by atoms with Gasteiger partial charge < -0.3 is 15.2 Å². The Bertz CT molecular complexity index is 1100. The molecule has 0 aliphatic heterocycles. The summed E-state index contributed by atoms with van der Waals surface area (Å²) >= 11 is 1.33. The van der Waals surface area contributed by atoms with Crippen LogP contribution in [0.4, 0.5) is 9.52 Å². The molecule has 1 aliphatic carbocycles. The summed E-state index contributed by atoms with van der Waals surface area (Å²) in [6, 6.07) is 7.76. The summed E-state index contributed by atoms with van der Waals surface area (Å²) in [5.41, 5.74) is 4.56. The molecule has 30 heavy (non-hydrogen) atoms. The maximum absolute atomic E-state index is 13.3. The number of hydrogen-bond donors (Lipinski definition) is 2. The summed E-state index contributed by atoms with van der Waals surface area (Å²) < 4.78 is 15.3. The first-order valence-electron chi connectivity index (χ1n) is 9.85. The SMILES string of the molecule is Cc1cc(-c2csc(NC(=O)C(C)NC(=O)C3CC3)n2)c(C)n1-c1ccc(F)cc1. The quantitative estimate of drug-likeness (QED) is 0.620. The number of halogens is 1. The highest BCUT2D eigenvalue weighted by molar-refractivity contribution is 7.14. The molecule has 3 aromatic rings. The van der Waals surface area contributed by atoms with Crippen LogP contribution in [0, 0.1) is 25.6 Å². The number of carbonyl (C=O) groups excluding carboxylic acids is 2. The Morgan fingerprint density at radius 3 is 2.60 bits per heavy atom. The molecule has 2 amide bonds. The molecule has 1 aliphatic rings. The summed E-state index contributed by atoms with van der Waals surface area (Å²) in [4.78, 5) is 28.8.